The van der Waals surface area contributed by atoms with Gasteiger partial charge in [0.05, 0.1) is 22.7 Å². The second kappa shape index (κ2) is 8.13. The molecule has 7 nitrogen and oxygen atoms in total. The molecule has 4 heterocycles. The zero-order valence-electron chi connectivity index (χ0n) is 17.4. The third kappa shape index (κ3) is 3.66. The van der Waals surface area contributed by atoms with E-state index in [4.69, 9.17) is 21.9 Å². The average molecular weight is 445 g/mol. The maximum atomic E-state index is 13.5. The zero-order chi connectivity index (χ0) is 21.6. The molecule has 2 aliphatic rings. The van der Waals surface area contributed by atoms with Gasteiger partial charge in [-0.2, -0.15) is 0 Å². The summed E-state index contributed by atoms with van der Waals surface area (Å²) in [6.07, 6.45) is 3.38. The van der Waals surface area contributed by atoms with Gasteiger partial charge in [-0.3, -0.25) is 18.9 Å². The number of rotatable bonds is 3. The van der Waals surface area contributed by atoms with Crippen molar-refractivity contribution in [3.8, 4) is 0 Å². The van der Waals surface area contributed by atoms with Gasteiger partial charge in [0.1, 0.15) is 15.8 Å². The molecular formula is C21H24N4O3S2. The van der Waals surface area contributed by atoms with Crippen LogP contribution in [0.1, 0.15) is 31.9 Å². The Kier molecular flexibility index (Phi) is 5.69. The van der Waals surface area contributed by atoms with Crippen molar-refractivity contribution < 1.29 is 9.53 Å². The number of amides is 1. The van der Waals surface area contributed by atoms with Gasteiger partial charge in [-0.15, -0.1) is 0 Å². The summed E-state index contributed by atoms with van der Waals surface area (Å²) in [5, 5.41) is 0. The van der Waals surface area contributed by atoms with Crippen molar-refractivity contribution in [3.05, 3.63) is 44.7 Å². The zero-order valence-corrected chi connectivity index (χ0v) is 19.0. The molecule has 1 amide bonds. The number of fused-ring (bicyclic) bond motifs is 1. The van der Waals surface area contributed by atoms with Gasteiger partial charge >= 0.3 is 0 Å². The maximum absolute atomic E-state index is 13.5. The van der Waals surface area contributed by atoms with Gasteiger partial charge in [-0.1, -0.05) is 30.0 Å². The third-order valence-electron chi connectivity index (χ3n) is 5.25. The molecule has 0 aromatic carbocycles. The van der Waals surface area contributed by atoms with Gasteiger partial charge in [0.2, 0.25) is 0 Å². The quantitative estimate of drug-likeness (QED) is 0.533. The van der Waals surface area contributed by atoms with Crippen molar-refractivity contribution in [2.24, 2.45) is 0 Å². The van der Waals surface area contributed by atoms with E-state index in [2.05, 4.69) is 4.90 Å². The van der Waals surface area contributed by atoms with E-state index in [0.29, 0.717) is 45.9 Å². The lowest BCUT2D eigenvalue weighted by atomic mass is 10.1. The first-order valence-electron chi connectivity index (χ1n) is 9.98. The highest BCUT2D eigenvalue weighted by Gasteiger charge is 2.32. The molecule has 0 aliphatic carbocycles. The topological polar surface area (TPSA) is 67.2 Å². The molecule has 0 radical (unpaired) electrons. The lowest BCUT2D eigenvalue weighted by molar-refractivity contribution is -0.121. The Morgan fingerprint density at radius 3 is 2.63 bits per heavy atom. The SMILES string of the molecule is CCN1C(=O)/C(=C/c2c(N3C[C@@H](C)O[C@@H](C)C3)nc3c(C)cccn3c2=O)SC1=S. The minimum Gasteiger partial charge on any atom is -0.372 e. The molecule has 4 rings (SSSR count). The van der Waals surface area contributed by atoms with Crippen LogP contribution in [0.2, 0.25) is 0 Å². The van der Waals surface area contributed by atoms with Crippen LogP contribution in [0.25, 0.3) is 11.7 Å². The summed E-state index contributed by atoms with van der Waals surface area (Å²) in [7, 11) is 0. The Hall–Kier alpha value is -2.23. The maximum Gasteiger partial charge on any atom is 0.267 e. The number of aromatic nitrogens is 2. The molecule has 2 fully saturated rings. The number of anilines is 1. The standard InChI is InChI=1S/C21H24N4O3S2/c1-5-24-20(27)16(30-21(24)29)9-15-18(23-10-13(3)28-14(4)11-23)22-17-12(2)7-6-8-25(17)19(15)26/h6-9,13-14H,5,10-11H2,1-4H3/b16-9-/t13-,14+. The Balaban J connectivity index is 1.92. The highest BCUT2D eigenvalue weighted by atomic mass is 32.2. The molecule has 0 unspecified atom stereocenters. The van der Waals surface area contributed by atoms with E-state index >= 15 is 0 Å². The largest absolute Gasteiger partial charge is 0.372 e. The summed E-state index contributed by atoms with van der Waals surface area (Å²) in [5.74, 6) is 0.411. The van der Waals surface area contributed by atoms with E-state index in [1.165, 1.54) is 11.8 Å². The Morgan fingerprint density at radius 2 is 2.00 bits per heavy atom. The number of ether oxygens (including phenoxy) is 1. The molecule has 0 N–H and O–H groups in total. The lowest BCUT2D eigenvalue weighted by Gasteiger charge is -2.36. The Labute approximate surface area is 184 Å². The van der Waals surface area contributed by atoms with Gasteiger partial charge in [0.15, 0.2) is 0 Å². The molecule has 0 bridgehead atoms. The van der Waals surface area contributed by atoms with E-state index in [9.17, 15) is 9.59 Å². The minimum absolute atomic E-state index is 0.0111. The number of hydrogen-bond donors (Lipinski definition) is 0. The molecule has 2 atom stereocenters. The van der Waals surface area contributed by atoms with E-state index in [1.807, 2.05) is 39.8 Å². The number of thiocarbonyl (C=S) groups is 1. The van der Waals surface area contributed by atoms with Crippen LogP contribution >= 0.6 is 24.0 Å². The number of carbonyl (C=O) groups is 1. The fraction of sp³-hybridized carbons (Fsp3) is 0.429. The van der Waals surface area contributed by atoms with Crippen LogP contribution in [0.4, 0.5) is 5.82 Å². The van der Waals surface area contributed by atoms with Crippen LogP contribution in [-0.4, -0.2) is 56.4 Å². The van der Waals surface area contributed by atoms with Gasteiger partial charge in [0.25, 0.3) is 11.5 Å². The number of pyridine rings is 1. The molecule has 2 aliphatic heterocycles. The summed E-state index contributed by atoms with van der Waals surface area (Å²) in [4.78, 5) is 35.2. The van der Waals surface area contributed by atoms with Gasteiger partial charge in [-0.05, 0) is 45.4 Å². The molecule has 0 spiro atoms. The number of thioether (sulfide) groups is 1. The molecule has 0 saturated carbocycles. The van der Waals surface area contributed by atoms with Gasteiger partial charge < -0.3 is 9.64 Å². The van der Waals surface area contributed by atoms with Crippen molar-refractivity contribution in [1.29, 1.82) is 0 Å². The average Bonchev–Trinajstić information content (AvgIpc) is 2.96. The summed E-state index contributed by atoms with van der Waals surface area (Å²) in [6, 6.07) is 3.76. The molecule has 30 heavy (non-hydrogen) atoms. The smallest absolute Gasteiger partial charge is 0.267 e. The second-order valence-corrected chi connectivity index (χ2v) is 9.30. The minimum atomic E-state index is -0.202. The first-order chi connectivity index (χ1) is 14.3. The van der Waals surface area contributed by atoms with E-state index in [1.54, 1.807) is 21.6 Å². The van der Waals surface area contributed by atoms with Gasteiger partial charge in [0, 0.05) is 25.8 Å². The molecular weight excluding hydrogens is 420 g/mol. The lowest BCUT2D eigenvalue weighted by Crippen LogP contribution is -2.46. The van der Waals surface area contributed by atoms with Crippen molar-refractivity contribution in [3.63, 3.8) is 0 Å². The predicted octanol–water partition coefficient (Wildman–Crippen LogP) is 2.84. The van der Waals surface area contributed by atoms with Crippen molar-refractivity contribution in [1.82, 2.24) is 14.3 Å². The van der Waals surface area contributed by atoms with E-state index < -0.39 is 0 Å². The Bertz CT molecular complexity index is 1120. The van der Waals surface area contributed by atoms with Crippen molar-refractivity contribution in [2.75, 3.05) is 24.5 Å². The summed E-state index contributed by atoms with van der Waals surface area (Å²) < 4.78 is 7.91. The van der Waals surface area contributed by atoms with Crippen LogP contribution in [0.5, 0.6) is 0 Å². The molecule has 9 heteroatoms. The molecule has 2 saturated heterocycles. The number of nitrogens with zero attached hydrogens (tertiary/aromatic N) is 4. The first-order valence-corrected chi connectivity index (χ1v) is 11.2. The molecule has 158 valence electrons. The number of aryl methyl sites for hydroxylation is 1. The first kappa shape index (κ1) is 21.0. The number of likely N-dealkylation sites (N-methyl/N-ethyl adjacent to an activating group) is 1. The summed E-state index contributed by atoms with van der Waals surface area (Å²) in [6.45, 7) is 9.57. The Morgan fingerprint density at radius 1 is 1.30 bits per heavy atom. The van der Waals surface area contributed by atoms with Crippen LogP contribution in [0.15, 0.2) is 28.0 Å². The van der Waals surface area contributed by atoms with Crippen LogP contribution < -0.4 is 10.5 Å². The van der Waals surface area contributed by atoms with Crippen LogP contribution in [-0.2, 0) is 9.53 Å². The number of morpholine rings is 1. The number of carbonyl (C=O) groups excluding carboxylic acids is 1. The van der Waals surface area contributed by atoms with Crippen LogP contribution in [0, 0.1) is 6.92 Å². The highest BCUT2D eigenvalue weighted by Crippen LogP contribution is 2.33. The molecule has 2 aromatic rings. The highest BCUT2D eigenvalue weighted by molar-refractivity contribution is 8.26. The van der Waals surface area contributed by atoms with Crippen molar-refractivity contribution in [2.45, 2.75) is 39.9 Å². The third-order valence-corrected chi connectivity index (χ3v) is 6.63. The van der Waals surface area contributed by atoms with Crippen LogP contribution in [0.3, 0.4) is 0 Å². The predicted molar refractivity (Wildman–Crippen MR) is 124 cm³/mol. The summed E-state index contributed by atoms with van der Waals surface area (Å²) >= 11 is 6.55. The van der Waals surface area contributed by atoms with E-state index in [-0.39, 0.29) is 23.7 Å². The second-order valence-electron chi connectivity index (χ2n) is 7.63. The fourth-order valence-electron chi connectivity index (χ4n) is 3.92. The fourth-order valence-corrected chi connectivity index (χ4v) is 5.29. The normalized spacial score (nSPS) is 23.8. The molecule has 2 aromatic heterocycles. The summed E-state index contributed by atoms with van der Waals surface area (Å²) in [5.41, 5.74) is 1.72. The van der Waals surface area contributed by atoms with Crippen molar-refractivity contribution >= 4 is 51.7 Å². The monoisotopic (exact) mass is 444 g/mol. The number of hydrogen-bond acceptors (Lipinski definition) is 7. The van der Waals surface area contributed by atoms with E-state index in [0.717, 1.165) is 5.56 Å². The van der Waals surface area contributed by atoms with Gasteiger partial charge in [-0.25, -0.2) is 4.98 Å².